The van der Waals surface area contributed by atoms with E-state index in [4.69, 9.17) is 4.74 Å². The van der Waals surface area contributed by atoms with Crippen molar-refractivity contribution in [3.8, 4) is 5.75 Å². The molecule has 0 aromatic heterocycles. The zero-order valence-corrected chi connectivity index (χ0v) is 16.3. The molecule has 2 N–H and O–H groups in total. The Morgan fingerprint density at radius 2 is 1.68 bits per heavy atom. The molecule has 156 valence electrons. The van der Waals surface area contributed by atoms with Crippen LogP contribution in [-0.2, 0) is 9.59 Å². The van der Waals surface area contributed by atoms with Gasteiger partial charge in [-0.05, 0) is 54.6 Å². The molecule has 1 heterocycles. The highest BCUT2D eigenvalue weighted by atomic mass is 19.1. The number of nitrogens with zero attached hydrogens (tertiary/aromatic N) is 1. The van der Waals surface area contributed by atoms with Crippen molar-refractivity contribution in [2.45, 2.75) is 0 Å². The van der Waals surface area contributed by atoms with Crippen molar-refractivity contribution in [1.82, 2.24) is 0 Å². The topological polar surface area (TPSA) is 87.7 Å². The van der Waals surface area contributed by atoms with Gasteiger partial charge >= 0.3 is 0 Å². The Morgan fingerprint density at radius 3 is 2.42 bits per heavy atom. The number of fused-ring (bicyclic) bond motifs is 1. The molecule has 3 aromatic rings. The summed E-state index contributed by atoms with van der Waals surface area (Å²) in [7, 11) is 0. The molecule has 0 unspecified atom stereocenters. The van der Waals surface area contributed by atoms with Gasteiger partial charge in [-0.25, -0.2) is 4.39 Å². The fraction of sp³-hybridized carbons (Fsp3) is 0.0870. The zero-order chi connectivity index (χ0) is 21.8. The minimum Gasteiger partial charge on any atom is -0.482 e. The highest BCUT2D eigenvalue weighted by Crippen LogP contribution is 2.34. The largest absolute Gasteiger partial charge is 0.482 e. The molecule has 0 aliphatic carbocycles. The first-order valence-corrected chi connectivity index (χ1v) is 9.48. The van der Waals surface area contributed by atoms with E-state index in [0.717, 1.165) is 0 Å². The van der Waals surface area contributed by atoms with E-state index in [2.05, 4.69) is 10.6 Å². The van der Waals surface area contributed by atoms with Gasteiger partial charge in [-0.15, -0.1) is 0 Å². The maximum Gasteiger partial charge on any atom is 0.265 e. The predicted molar refractivity (Wildman–Crippen MR) is 114 cm³/mol. The van der Waals surface area contributed by atoms with Crippen molar-refractivity contribution in [3.05, 3.63) is 84.2 Å². The van der Waals surface area contributed by atoms with Crippen LogP contribution in [0.2, 0.25) is 0 Å². The standard InChI is InChI=1S/C23H18FN3O4/c24-16-8-6-15(7-9-16)23(30)26-18-10-11-20-19(12-18)27(22(29)14-31-20)13-21(28)25-17-4-2-1-3-5-17/h1-12H,13-14H2,(H,25,28)(H,26,30). The summed E-state index contributed by atoms with van der Waals surface area (Å²) in [4.78, 5) is 38.6. The van der Waals surface area contributed by atoms with E-state index in [-0.39, 0.29) is 30.5 Å². The molecule has 7 nitrogen and oxygen atoms in total. The van der Waals surface area contributed by atoms with Gasteiger partial charge in [0.15, 0.2) is 6.61 Å². The Morgan fingerprint density at radius 1 is 0.935 bits per heavy atom. The Kier molecular flexibility index (Phi) is 5.61. The lowest BCUT2D eigenvalue weighted by Gasteiger charge is -2.29. The van der Waals surface area contributed by atoms with E-state index in [1.807, 2.05) is 6.07 Å². The van der Waals surface area contributed by atoms with Crippen LogP contribution in [0.4, 0.5) is 21.5 Å². The number of hydrogen-bond acceptors (Lipinski definition) is 4. The summed E-state index contributed by atoms with van der Waals surface area (Å²) in [5.41, 5.74) is 1.68. The number of para-hydroxylation sites is 1. The van der Waals surface area contributed by atoms with Gasteiger partial charge in [-0.3, -0.25) is 19.3 Å². The zero-order valence-electron chi connectivity index (χ0n) is 16.3. The predicted octanol–water partition coefficient (Wildman–Crippen LogP) is 3.44. The third kappa shape index (κ3) is 4.69. The van der Waals surface area contributed by atoms with Gasteiger partial charge in [0.2, 0.25) is 5.91 Å². The van der Waals surface area contributed by atoms with Crippen molar-refractivity contribution in [2.75, 3.05) is 28.7 Å². The molecule has 0 atom stereocenters. The molecule has 3 amide bonds. The molecular formula is C23H18FN3O4. The number of nitrogens with one attached hydrogen (secondary N) is 2. The molecule has 0 saturated heterocycles. The monoisotopic (exact) mass is 419 g/mol. The molecule has 0 spiro atoms. The van der Waals surface area contributed by atoms with Crippen LogP contribution in [0.1, 0.15) is 10.4 Å². The molecule has 0 saturated carbocycles. The summed E-state index contributed by atoms with van der Waals surface area (Å²) < 4.78 is 18.5. The van der Waals surface area contributed by atoms with E-state index in [9.17, 15) is 18.8 Å². The average molecular weight is 419 g/mol. The third-order valence-electron chi connectivity index (χ3n) is 4.63. The number of amides is 3. The maximum absolute atomic E-state index is 13.1. The average Bonchev–Trinajstić information content (AvgIpc) is 2.77. The van der Waals surface area contributed by atoms with E-state index in [1.54, 1.807) is 42.5 Å². The van der Waals surface area contributed by atoms with E-state index in [0.29, 0.717) is 22.8 Å². The van der Waals surface area contributed by atoms with Crippen LogP contribution >= 0.6 is 0 Å². The highest BCUT2D eigenvalue weighted by molar-refractivity contribution is 6.07. The second-order valence-corrected chi connectivity index (χ2v) is 6.83. The second-order valence-electron chi connectivity index (χ2n) is 6.83. The summed E-state index contributed by atoms with van der Waals surface area (Å²) >= 11 is 0. The van der Waals surface area contributed by atoms with Gasteiger partial charge in [0.05, 0.1) is 5.69 Å². The first-order chi connectivity index (χ1) is 15.0. The minimum atomic E-state index is -0.439. The molecule has 3 aromatic carbocycles. The number of benzene rings is 3. The molecule has 4 rings (SSSR count). The SMILES string of the molecule is O=C(CN1C(=O)COc2ccc(NC(=O)c3ccc(F)cc3)cc21)Nc1ccccc1. The summed E-state index contributed by atoms with van der Waals surface area (Å²) in [6.07, 6.45) is 0. The normalized spacial score (nSPS) is 12.5. The summed E-state index contributed by atoms with van der Waals surface area (Å²) in [6, 6.07) is 18.8. The number of rotatable bonds is 5. The Hall–Kier alpha value is -4.20. The number of carbonyl (C=O) groups is 3. The third-order valence-corrected chi connectivity index (χ3v) is 4.63. The summed E-state index contributed by atoms with van der Waals surface area (Å²) in [5.74, 6) is -1.19. The quantitative estimate of drug-likeness (QED) is 0.663. The fourth-order valence-corrected chi connectivity index (χ4v) is 3.12. The first-order valence-electron chi connectivity index (χ1n) is 9.48. The number of ether oxygens (including phenoxy) is 1. The second kappa shape index (κ2) is 8.66. The van der Waals surface area contributed by atoms with Gasteiger partial charge < -0.3 is 15.4 Å². The first kappa shape index (κ1) is 20.1. The van der Waals surface area contributed by atoms with Gasteiger partial charge in [0, 0.05) is 16.9 Å². The molecule has 31 heavy (non-hydrogen) atoms. The lowest BCUT2D eigenvalue weighted by Crippen LogP contribution is -2.43. The Balaban J connectivity index is 1.52. The lowest BCUT2D eigenvalue weighted by atomic mass is 10.1. The van der Waals surface area contributed by atoms with Gasteiger partial charge in [-0.1, -0.05) is 18.2 Å². The van der Waals surface area contributed by atoms with Crippen molar-refractivity contribution in [1.29, 1.82) is 0 Å². The van der Waals surface area contributed by atoms with Gasteiger partial charge in [0.1, 0.15) is 18.1 Å². The number of carbonyl (C=O) groups excluding carboxylic acids is 3. The van der Waals surface area contributed by atoms with Crippen LogP contribution in [0.25, 0.3) is 0 Å². The van der Waals surface area contributed by atoms with E-state index >= 15 is 0 Å². The lowest BCUT2D eigenvalue weighted by molar-refractivity contribution is -0.123. The number of anilines is 3. The van der Waals surface area contributed by atoms with Crippen LogP contribution in [0.15, 0.2) is 72.8 Å². The van der Waals surface area contributed by atoms with Crippen molar-refractivity contribution >= 4 is 34.8 Å². The Labute approximate surface area is 177 Å². The molecule has 1 aliphatic rings. The number of halogens is 1. The minimum absolute atomic E-state index is 0.188. The van der Waals surface area contributed by atoms with Gasteiger partial charge in [-0.2, -0.15) is 0 Å². The van der Waals surface area contributed by atoms with Crippen molar-refractivity contribution in [2.24, 2.45) is 0 Å². The van der Waals surface area contributed by atoms with Crippen molar-refractivity contribution < 1.29 is 23.5 Å². The van der Waals surface area contributed by atoms with E-state index < -0.39 is 11.7 Å². The summed E-state index contributed by atoms with van der Waals surface area (Å²) in [5, 5.41) is 5.44. The van der Waals surface area contributed by atoms with Crippen molar-refractivity contribution in [3.63, 3.8) is 0 Å². The van der Waals surface area contributed by atoms with Gasteiger partial charge in [0.25, 0.3) is 11.8 Å². The van der Waals surface area contributed by atoms with Crippen LogP contribution in [-0.4, -0.2) is 30.9 Å². The molecule has 0 bridgehead atoms. The smallest absolute Gasteiger partial charge is 0.265 e. The maximum atomic E-state index is 13.1. The molecule has 0 radical (unpaired) electrons. The van der Waals surface area contributed by atoms with E-state index in [1.165, 1.54) is 29.2 Å². The van der Waals surface area contributed by atoms with Crippen LogP contribution in [0.5, 0.6) is 5.75 Å². The molecular weight excluding hydrogens is 401 g/mol. The van der Waals surface area contributed by atoms with Crippen LogP contribution in [0, 0.1) is 5.82 Å². The van der Waals surface area contributed by atoms with Crippen LogP contribution < -0.4 is 20.3 Å². The molecule has 0 fully saturated rings. The fourth-order valence-electron chi connectivity index (χ4n) is 3.12. The molecule has 1 aliphatic heterocycles. The Bertz CT molecular complexity index is 1130. The highest BCUT2D eigenvalue weighted by Gasteiger charge is 2.28. The molecule has 8 heteroatoms. The number of hydrogen-bond donors (Lipinski definition) is 2. The summed E-state index contributed by atoms with van der Waals surface area (Å²) in [6.45, 7) is -0.396. The van der Waals surface area contributed by atoms with Crippen LogP contribution in [0.3, 0.4) is 0 Å².